The average Bonchev–Trinajstić information content (AvgIpc) is 2.54. The van der Waals surface area contributed by atoms with Crippen LogP contribution >= 0.6 is 11.6 Å². The molecular weight excluding hydrogens is 356 g/mol. The predicted molar refractivity (Wildman–Crippen MR) is 83.7 cm³/mol. The van der Waals surface area contributed by atoms with Gasteiger partial charge in [-0.15, -0.1) is 0 Å². The van der Waals surface area contributed by atoms with Crippen LogP contribution in [-0.2, 0) is 0 Å². The molecule has 0 bridgehead atoms. The maximum Gasteiger partial charge on any atom is 0.233 e. The lowest BCUT2D eigenvalue weighted by atomic mass is 9.77. The lowest BCUT2D eigenvalue weighted by molar-refractivity contribution is -0.488. The zero-order valence-electron chi connectivity index (χ0n) is 12.2. The maximum atomic E-state index is 11.3. The first kappa shape index (κ1) is 17.9. The fourth-order valence-corrected chi connectivity index (χ4v) is 2.70. The number of halogens is 1. The summed E-state index contributed by atoms with van der Waals surface area (Å²) in [5.74, 6) is -2.91. The van der Waals surface area contributed by atoms with Gasteiger partial charge >= 0.3 is 0 Å². The van der Waals surface area contributed by atoms with Crippen LogP contribution < -0.4 is 0 Å². The third kappa shape index (κ3) is 3.56. The van der Waals surface area contributed by atoms with Gasteiger partial charge in [-0.2, -0.15) is 5.26 Å². The minimum atomic E-state index is -1.59. The summed E-state index contributed by atoms with van der Waals surface area (Å²) in [5.41, 5.74) is -1.37. The quantitative estimate of drug-likeness (QED) is 0.442. The molecule has 1 aromatic rings. The number of nitriles is 1. The van der Waals surface area contributed by atoms with E-state index >= 15 is 0 Å². The van der Waals surface area contributed by atoms with Gasteiger partial charge in [0.15, 0.2) is 0 Å². The smallest absolute Gasteiger partial charge is 0.233 e. The van der Waals surface area contributed by atoms with E-state index in [1.54, 1.807) is 6.07 Å². The van der Waals surface area contributed by atoms with Gasteiger partial charge in [0.1, 0.15) is 11.7 Å². The Balaban J connectivity index is 2.64. The molecule has 128 valence electrons. The SMILES string of the molecule is N#CC(c1cccc(Cl)c1)C1C([N+](=O)[O-])=CC([N+](=O)[O-])=C[C-]1[N+](=O)[O-]. The third-order valence-corrected chi connectivity index (χ3v) is 3.78. The topological polar surface area (TPSA) is 153 Å². The first-order valence-electron chi connectivity index (χ1n) is 6.64. The van der Waals surface area contributed by atoms with Crippen LogP contribution in [0.3, 0.4) is 0 Å². The molecule has 0 amide bonds. The van der Waals surface area contributed by atoms with Gasteiger partial charge < -0.3 is 0 Å². The summed E-state index contributed by atoms with van der Waals surface area (Å²) < 4.78 is 0. The molecule has 1 aromatic carbocycles. The lowest BCUT2D eigenvalue weighted by Gasteiger charge is -2.28. The molecule has 0 fully saturated rings. The molecule has 0 aromatic heterocycles. The molecule has 0 heterocycles. The number of allylic oxidation sites excluding steroid dienone is 1. The van der Waals surface area contributed by atoms with Crippen LogP contribution in [0.1, 0.15) is 11.5 Å². The summed E-state index contributed by atoms with van der Waals surface area (Å²) in [6.07, 6.45) is 1.26. The van der Waals surface area contributed by atoms with Gasteiger partial charge in [0.25, 0.3) is 0 Å². The van der Waals surface area contributed by atoms with Crippen molar-refractivity contribution in [1.29, 1.82) is 5.26 Å². The number of nitrogens with zero attached hydrogens (tertiary/aromatic N) is 4. The Bertz CT molecular complexity index is 859. The number of rotatable bonds is 5. The van der Waals surface area contributed by atoms with E-state index in [2.05, 4.69) is 0 Å². The van der Waals surface area contributed by atoms with Crippen molar-refractivity contribution in [3.8, 4) is 6.07 Å². The molecular formula is C14H8ClN4O6-. The number of benzene rings is 1. The zero-order valence-corrected chi connectivity index (χ0v) is 13.0. The lowest BCUT2D eigenvalue weighted by Crippen LogP contribution is -2.32. The van der Waals surface area contributed by atoms with Crippen molar-refractivity contribution in [2.45, 2.75) is 5.92 Å². The molecule has 1 aliphatic carbocycles. The second kappa shape index (κ2) is 6.98. The van der Waals surface area contributed by atoms with Crippen molar-refractivity contribution < 1.29 is 14.8 Å². The molecule has 2 atom stereocenters. The Kier molecular flexibility index (Phi) is 5.00. The molecule has 0 saturated carbocycles. The van der Waals surface area contributed by atoms with Crippen molar-refractivity contribution in [3.05, 3.63) is 94.8 Å². The number of hydrogen-bond donors (Lipinski definition) is 0. The van der Waals surface area contributed by atoms with Gasteiger partial charge in [-0.1, -0.05) is 29.8 Å². The van der Waals surface area contributed by atoms with Gasteiger partial charge in [0.2, 0.25) is 5.70 Å². The van der Waals surface area contributed by atoms with Crippen LogP contribution in [0, 0.1) is 53.6 Å². The van der Waals surface area contributed by atoms with Crippen molar-refractivity contribution in [2.75, 3.05) is 0 Å². The predicted octanol–water partition coefficient (Wildman–Crippen LogP) is 2.71. The molecule has 0 radical (unpaired) electrons. The van der Waals surface area contributed by atoms with Gasteiger partial charge in [-0.3, -0.25) is 30.3 Å². The van der Waals surface area contributed by atoms with E-state index in [1.165, 1.54) is 24.3 Å². The Labute approximate surface area is 145 Å². The second-order valence-electron chi connectivity index (χ2n) is 4.97. The molecule has 1 aliphatic rings. The van der Waals surface area contributed by atoms with Gasteiger partial charge in [0.05, 0.1) is 22.8 Å². The minimum Gasteiger partial charge on any atom is -0.277 e. The van der Waals surface area contributed by atoms with Crippen LogP contribution in [0.2, 0.25) is 5.02 Å². The Morgan fingerprint density at radius 3 is 2.36 bits per heavy atom. The van der Waals surface area contributed by atoms with Crippen LogP contribution in [0.25, 0.3) is 0 Å². The van der Waals surface area contributed by atoms with E-state index in [1.807, 2.05) is 0 Å². The number of nitro groups is 3. The van der Waals surface area contributed by atoms with Gasteiger partial charge in [-0.25, -0.2) is 0 Å². The zero-order chi connectivity index (χ0) is 18.7. The fraction of sp³-hybridized carbons (Fsp3) is 0.143. The van der Waals surface area contributed by atoms with Crippen molar-refractivity contribution in [3.63, 3.8) is 0 Å². The normalized spacial score (nSPS) is 17.8. The summed E-state index contributed by atoms with van der Waals surface area (Å²) in [6, 6.07) is 6.80. The highest BCUT2D eigenvalue weighted by molar-refractivity contribution is 6.30. The fourth-order valence-electron chi connectivity index (χ4n) is 2.50. The molecule has 10 nitrogen and oxygen atoms in total. The molecule has 11 heteroatoms. The summed E-state index contributed by atoms with van der Waals surface area (Å²) in [7, 11) is 0. The average molecular weight is 364 g/mol. The highest BCUT2D eigenvalue weighted by atomic mass is 35.5. The van der Waals surface area contributed by atoms with Crippen LogP contribution in [0.4, 0.5) is 0 Å². The summed E-state index contributed by atoms with van der Waals surface area (Å²) in [6.45, 7) is 0. The van der Waals surface area contributed by atoms with Gasteiger partial charge in [0, 0.05) is 11.1 Å². The monoisotopic (exact) mass is 363 g/mol. The van der Waals surface area contributed by atoms with E-state index in [-0.39, 0.29) is 10.6 Å². The molecule has 0 spiro atoms. The largest absolute Gasteiger partial charge is 0.277 e. The summed E-state index contributed by atoms with van der Waals surface area (Å²) >= 11 is 5.85. The van der Waals surface area contributed by atoms with Gasteiger partial charge in [-0.05, 0) is 27.5 Å². The Morgan fingerprint density at radius 1 is 1.20 bits per heavy atom. The minimum absolute atomic E-state index is 0.227. The molecule has 0 saturated heterocycles. The van der Waals surface area contributed by atoms with E-state index < -0.39 is 44.0 Å². The Morgan fingerprint density at radius 2 is 1.88 bits per heavy atom. The van der Waals surface area contributed by atoms with E-state index in [9.17, 15) is 35.6 Å². The summed E-state index contributed by atoms with van der Waals surface area (Å²) in [4.78, 5) is 30.7. The van der Waals surface area contributed by atoms with Crippen LogP contribution in [0.15, 0.2) is 47.8 Å². The molecule has 2 unspecified atom stereocenters. The number of hydrogen-bond acceptors (Lipinski definition) is 7. The van der Waals surface area contributed by atoms with Crippen LogP contribution in [0.5, 0.6) is 0 Å². The standard InChI is InChI=1S/C14H8ClN4O6/c15-9-3-1-2-8(4-9)11(7-16)14-12(18(22)23)5-10(17(20)21)6-13(14)19(24)25/h1-6,11,14H/q-1. The highest BCUT2D eigenvalue weighted by Gasteiger charge is 2.44. The van der Waals surface area contributed by atoms with Crippen molar-refractivity contribution in [1.82, 2.24) is 0 Å². The first-order valence-corrected chi connectivity index (χ1v) is 7.02. The highest BCUT2D eigenvalue weighted by Crippen LogP contribution is 2.41. The second-order valence-corrected chi connectivity index (χ2v) is 5.41. The Hall–Kier alpha value is -3.45. The summed E-state index contributed by atoms with van der Waals surface area (Å²) in [5, 5.41) is 43.3. The molecule has 25 heavy (non-hydrogen) atoms. The molecule has 2 rings (SSSR count). The van der Waals surface area contributed by atoms with E-state index in [0.29, 0.717) is 12.2 Å². The maximum absolute atomic E-state index is 11.3. The van der Waals surface area contributed by atoms with E-state index in [4.69, 9.17) is 11.6 Å². The first-order chi connectivity index (χ1) is 11.8. The van der Waals surface area contributed by atoms with Crippen molar-refractivity contribution >= 4 is 11.6 Å². The molecule has 0 N–H and O–H groups in total. The van der Waals surface area contributed by atoms with Crippen LogP contribution in [-0.4, -0.2) is 14.8 Å². The molecule has 0 aliphatic heterocycles. The van der Waals surface area contributed by atoms with E-state index in [0.717, 1.165) is 0 Å². The van der Waals surface area contributed by atoms with Crippen molar-refractivity contribution in [2.24, 2.45) is 5.92 Å². The third-order valence-electron chi connectivity index (χ3n) is 3.54.